The van der Waals surface area contributed by atoms with Crippen molar-refractivity contribution in [2.24, 2.45) is 0 Å². The van der Waals surface area contributed by atoms with Crippen molar-refractivity contribution < 1.29 is 22.7 Å². The van der Waals surface area contributed by atoms with Crippen molar-refractivity contribution >= 4 is 27.3 Å². The van der Waals surface area contributed by atoms with E-state index in [1.54, 1.807) is 31.2 Å². The molecule has 4 rings (SSSR count). The molecule has 2 aromatic carbocycles. The number of para-hydroxylation sites is 2. The fourth-order valence-corrected chi connectivity index (χ4v) is 4.65. The second-order valence-corrected chi connectivity index (χ2v) is 8.96. The SMILES string of the molecule is CCS(=O)(=O)N1CCCc2cc(NC(=O)C3COc4ccccc4O3)ccc21. The van der Waals surface area contributed by atoms with Gasteiger partial charge in [-0.25, -0.2) is 8.42 Å². The number of aryl methyl sites for hydroxylation is 1. The summed E-state index contributed by atoms with van der Waals surface area (Å²) in [6.45, 7) is 2.26. The first-order valence-electron chi connectivity index (χ1n) is 9.30. The van der Waals surface area contributed by atoms with Crippen LogP contribution in [0.3, 0.4) is 0 Å². The summed E-state index contributed by atoms with van der Waals surface area (Å²) in [6, 6.07) is 12.5. The second kappa shape index (κ2) is 7.35. The molecule has 0 spiro atoms. The van der Waals surface area contributed by atoms with E-state index in [9.17, 15) is 13.2 Å². The summed E-state index contributed by atoms with van der Waals surface area (Å²) < 4.78 is 37.4. The van der Waals surface area contributed by atoms with E-state index in [1.807, 2.05) is 18.2 Å². The Bertz CT molecular complexity index is 1010. The van der Waals surface area contributed by atoms with E-state index < -0.39 is 16.1 Å². The first-order valence-corrected chi connectivity index (χ1v) is 10.9. The van der Waals surface area contributed by atoms with Crippen molar-refractivity contribution in [3.05, 3.63) is 48.0 Å². The molecule has 0 aliphatic carbocycles. The molecule has 1 N–H and O–H groups in total. The lowest BCUT2D eigenvalue weighted by atomic mass is 10.0. The molecule has 2 aromatic rings. The van der Waals surface area contributed by atoms with Crippen molar-refractivity contribution in [1.29, 1.82) is 0 Å². The number of carbonyl (C=O) groups excluding carboxylic acids is 1. The molecule has 148 valence electrons. The molecule has 8 heteroatoms. The Labute approximate surface area is 164 Å². The van der Waals surface area contributed by atoms with Gasteiger partial charge in [0.1, 0.15) is 6.61 Å². The maximum absolute atomic E-state index is 12.6. The third-order valence-corrected chi connectivity index (χ3v) is 6.71. The Hall–Kier alpha value is -2.74. The minimum atomic E-state index is -3.31. The number of nitrogens with zero attached hydrogens (tertiary/aromatic N) is 1. The smallest absolute Gasteiger partial charge is 0.269 e. The number of amides is 1. The van der Waals surface area contributed by atoms with Gasteiger partial charge in [0.2, 0.25) is 16.1 Å². The number of benzene rings is 2. The molecule has 2 aliphatic rings. The predicted molar refractivity (Wildman–Crippen MR) is 107 cm³/mol. The van der Waals surface area contributed by atoms with Crippen LogP contribution in [0.1, 0.15) is 18.9 Å². The van der Waals surface area contributed by atoms with Crippen LogP contribution in [-0.4, -0.2) is 39.3 Å². The zero-order chi connectivity index (χ0) is 19.7. The van der Waals surface area contributed by atoms with E-state index in [-0.39, 0.29) is 18.3 Å². The molecule has 7 nitrogen and oxygen atoms in total. The molecule has 0 fully saturated rings. The first-order chi connectivity index (χ1) is 13.5. The summed E-state index contributed by atoms with van der Waals surface area (Å²) in [5.41, 5.74) is 2.21. The number of sulfonamides is 1. The first kappa shape index (κ1) is 18.6. The molecule has 1 atom stereocenters. The van der Waals surface area contributed by atoms with Crippen LogP contribution in [-0.2, 0) is 21.2 Å². The topological polar surface area (TPSA) is 84.9 Å². The van der Waals surface area contributed by atoms with Crippen LogP contribution >= 0.6 is 0 Å². The van der Waals surface area contributed by atoms with E-state index in [1.165, 1.54) is 4.31 Å². The molecule has 1 unspecified atom stereocenters. The van der Waals surface area contributed by atoms with Gasteiger partial charge in [0, 0.05) is 12.2 Å². The number of rotatable bonds is 4. The molecule has 0 saturated heterocycles. The average molecular weight is 402 g/mol. The van der Waals surface area contributed by atoms with Crippen LogP contribution in [0.15, 0.2) is 42.5 Å². The molecule has 0 aromatic heterocycles. The Morgan fingerprint density at radius 2 is 2.00 bits per heavy atom. The quantitative estimate of drug-likeness (QED) is 0.850. The number of fused-ring (bicyclic) bond motifs is 2. The van der Waals surface area contributed by atoms with Crippen LogP contribution in [0.5, 0.6) is 11.5 Å². The zero-order valence-electron chi connectivity index (χ0n) is 15.6. The van der Waals surface area contributed by atoms with Gasteiger partial charge in [0.05, 0.1) is 11.4 Å². The molecule has 0 bridgehead atoms. The largest absolute Gasteiger partial charge is 0.485 e. The van der Waals surface area contributed by atoms with Gasteiger partial charge in [-0.15, -0.1) is 0 Å². The minimum Gasteiger partial charge on any atom is -0.485 e. The molecule has 0 saturated carbocycles. The molecule has 0 radical (unpaired) electrons. The van der Waals surface area contributed by atoms with Crippen molar-refractivity contribution in [3.8, 4) is 11.5 Å². The normalized spacial score (nSPS) is 18.3. The minimum absolute atomic E-state index is 0.0609. The van der Waals surface area contributed by atoms with Gasteiger partial charge in [-0.1, -0.05) is 12.1 Å². The molecule has 1 amide bonds. The number of anilines is 2. The fourth-order valence-electron chi connectivity index (χ4n) is 3.46. The van der Waals surface area contributed by atoms with Crippen LogP contribution in [0.4, 0.5) is 11.4 Å². The van der Waals surface area contributed by atoms with Crippen LogP contribution < -0.4 is 19.1 Å². The third kappa shape index (κ3) is 3.52. The predicted octanol–water partition coefficient (Wildman–Crippen LogP) is 2.57. The zero-order valence-corrected chi connectivity index (χ0v) is 16.4. The number of nitrogens with one attached hydrogen (secondary N) is 1. The lowest BCUT2D eigenvalue weighted by Crippen LogP contribution is -2.40. The number of carbonyl (C=O) groups is 1. The van der Waals surface area contributed by atoms with Gasteiger partial charge >= 0.3 is 0 Å². The molecule has 28 heavy (non-hydrogen) atoms. The van der Waals surface area contributed by atoms with Gasteiger partial charge < -0.3 is 14.8 Å². The monoisotopic (exact) mass is 402 g/mol. The van der Waals surface area contributed by atoms with Crippen LogP contribution in [0, 0.1) is 0 Å². The Morgan fingerprint density at radius 3 is 2.79 bits per heavy atom. The molecular weight excluding hydrogens is 380 g/mol. The van der Waals surface area contributed by atoms with E-state index in [0.29, 0.717) is 29.4 Å². The highest BCUT2D eigenvalue weighted by Gasteiger charge is 2.29. The number of hydrogen-bond donors (Lipinski definition) is 1. The maximum Gasteiger partial charge on any atom is 0.269 e. The number of hydrogen-bond acceptors (Lipinski definition) is 5. The Morgan fingerprint density at radius 1 is 1.21 bits per heavy atom. The summed E-state index contributed by atoms with van der Waals surface area (Å²) in [4.78, 5) is 12.6. The van der Waals surface area contributed by atoms with Gasteiger partial charge in [-0.2, -0.15) is 0 Å². The van der Waals surface area contributed by atoms with E-state index in [4.69, 9.17) is 9.47 Å². The fraction of sp³-hybridized carbons (Fsp3) is 0.350. The van der Waals surface area contributed by atoms with E-state index >= 15 is 0 Å². The van der Waals surface area contributed by atoms with Crippen LogP contribution in [0.25, 0.3) is 0 Å². The van der Waals surface area contributed by atoms with Crippen molar-refractivity contribution in [1.82, 2.24) is 0 Å². The van der Waals surface area contributed by atoms with Gasteiger partial charge in [0.25, 0.3) is 5.91 Å². The summed E-state index contributed by atoms with van der Waals surface area (Å²) in [6.07, 6.45) is 0.772. The Balaban J connectivity index is 1.50. The Kier molecular flexibility index (Phi) is 4.89. The standard InChI is InChI=1S/C20H22N2O5S/c1-2-28(24,25)22-11-5-6-14-12-15(9-10-16(14)22)21-20(23)19-13-26-17-7-3-4-8-18(17)27-19/h3-4,7-10,12,19H,2,5-6,11,13H2,1H3,(H,21,23). The molecular formula is C20H22N2O5S. The summed E-state index contributed by atoms with van der Waals surface area (Å²) in [7, 11) is -3.31. The highest BCUT2D eigenvalue weighted by atomic mass is 32.2. The van der Waals surface area contributed by atoms with Gasteiger partial charge in [-0.05, 0) is 55.7 Å². The van der Waals surface area contributed by atoms with Crippen LogP contribution in [0.2, 0.25) is 0 Å². The van der Waals surface area contributed by atoms with Crippen molar-refractivity contribution in [3.63, 3.8) is 0 Å². The molecule has 2 heterocycles. The van der Waals surface area contributed by atoms with Crippen molar-refractivity contribution in [2.45, 2.75) is 25.9 Å². The summed E-state index contributed by atoms with van der Waals surface area (Å²) in [5, 5.41) is 2.85. The molecule has 2 aliphatic heterocycles. The maximum atomic E-state index is 12.6. The number of ether oxygens (including phenoxy) is 2. The van der Waals surface area contributed by atoms with Gasteiger partial charge in [0.15, 0.2) is 11.5 Å². The average Bonchev–Trinajstić information content (AvgIpc) is 2.72. The second-order valence-electron chi connectivity index (χ2n) is 6.77. The highest BCUT2D eigenvalue weighted by Crippen LogP contribution is 2.33. The van der Waals surface area contributed by atoms with Crippen molar-refractivity contribution in [2.75, 3.05) is 28.5 Å². The van der Waals surface area contributed by atoms with E-state index in [0.717, 1.165) is 18.4 Å². The summed E-state index contributed by atoms with van der Waals surface area (Å²) in [5.74, 6) is 0.923. The van der Waals surface area contributed by atoms with E-state index in [2.05, 4.69) is 5.32 Å². The van der Waals surface area contributed by atoms with Gasteiger partial charge in [-0.3, -0.25) is 9.10 Å². The third-order valence-electron chi connectivity index (χ3n) is 4.92. The lowest BCUT2D eigenvalue weighted by Gasteiger charge is -2.30. The summed E-state index contributed by atoms with van der Waals surface area (Å²) >= 11 is 0. The highest BCUT2D eigenvalue weighted by molar-refractivity contribution is 7.92. The lowest BCUT2D eigenvalue weighted by molar-refractivity contribution is -0.125.